The van der Waals surface area contributed by atoms with E-state index in [4.69, 9.17) is 10.5 Å². The molecule has 0 saturated carbocycles. The van der Waals surface area contributed by atoms with Gasteiger partial charge in [-0.15, -0.1) is 10.2 Å². The number of aromatic nitrogens is 4. The van der Waals surface area contributed by atoms with Gasteiger partial charge in [-0.3, -0.25) is 0 Å². The molecule has 0 aliphatic carbocycles. The predicted molar refractivity (Wildman–Crippen MR) is 71.6 cm³/mol. The van der Waals surface area contributed by atoms with Crippen LogP contribution in [0, 0.1) is 0 Å². The van der Waals surface area contributed by atoms with Gasteiger partial charge in [-0.05, 0) is 36.8 Å². The molecule has 102 valence electrons. The van der Waals surface area contributed by atoms with Crippen molar-refractivity contribution < 1.29 is 4.74 Å². The lowest BCUT2D eigenvalue weighted by Crippen LogP contribution is -2.15. The fourth-order valence-electron chi connectivity index (χ4n) is 1.81. The Kier molecular flexibility index (Phi) is 4.11. The van der Waals surface area contributed by atoms with E-state index in [1.165, 1.54) is 4.80 Å². The molecule has 6 nitrogen and oxygen atoms in total. The van der Waals surface area contributed by atoms with Crippen molar-refractivity contribution in [1.82, 2.24) is 20.2 Å². The first-order chi connectivity index (χ1) is 9.04. The summed E-state index contributed by atoms with van der Waals surface area (Å²) in [4.78, 5) is 1.43. The molecule has 1 unspecified atom stereocenters. The molecule has 2 N–H and O–H groups in total. The Bertz CT molecular complexity index is 537. The Morgan fingerprint density at radius 2 is 2.16 bits per heavy atom. The highest BCUT2D eigenvalue weighted by molar-refractivity contribution is 5.31. The summed E-state index contributed by atoms with van der Waals surface area (Å²) in [6.07, 6.45) is 0.701. The topological polar surface area (TPSA) is 78.9 Å². The molecule has 0 aliphatic rings. The summed E-state index contributed by atoms with van der Waals surface area (Å²) in [6, 6.07) is 7.64. The molecule has 1 atom stereocenters. The third kappa shape index (κ3) is 3.75. The van der Waals surface area contributed by atoms with Gasteiger partial charge in [0.1, 0.15) is 5.75 Å². The second kappa shape index (κ2) is 5.79. The number of rotatable bonds is 5. The van der Waals surface area contributed by atoms with Crippen LogP contribution in [0.4, 0.5) is 0 Å². The minimum atomic E-state index is -0.167. The summed E-state index contributed by atoms with van der Waals surface area (Å²) < 4.78 is 5.66. The maximum atomic E-state index is 6.16. The zero-order valence-corrected chi connectivity index (χ0v) is 11.4. The van der Waals surface area contributed by atoms with E-state index in [9.17, 15) is 0 Å². The first-order valence-electron chi connectivity index (χ1n) is 6.29. The number of tetrazole rings is 1. The van der Waals surface area contributed by atoms with Crippen LogP contribution in [0.25, 0.3) is 0 Å². The molecule has 2 rings (SSSR count). The Balaban J connectivity index is 2.08. The fraction of sp³-hybridized carbons (Fsp3) is 0.462. The molecule has 0 fully saturated rings. The van der Waals surface area contributed by atoms with Crippen LogP contribution in [-0.2, 0) is 13.5 Å². The maximum absolute atomic E-state index is 6.16. The second-order valence-corrected chi connectivity index (χ2v) is 4.74. The number of aryl methyl sites for hydroxylation is 1. The molecule has 0 bridgehead atoms. The zero-order chi connectivity index (χ0) is 13.8. The molecule has 0 radical (unpaired) electrons. The second-order valence-electron chi connectivity index (χ2n) is 4.74. The lowest BCUT2D eigenvalue weighted by Gasteiger charge is -2.14. The van der Waals surface area contributed by atoms with Gasteiger partial charge in [0.15, 0.2) is 5.82 Å². The lowest BCUT2D eigenvalue weighted by molar-refractivity contribution is 0.242. The Labute approximate surface area is 112 Å². The van der Waals surface area contributed by atoms with Crippen molar-refractivity contribution in [2.45, 2.75) is 32.4 Å². The van der Waals surface area contributed by atoms with E-state index in [0.29, 0.717) is 12.2 Å². The van der Waals surface area contributed by atoms with Crippen LogP contribution in [0.15, 0.2) is 24.3 Å². The summed E-state index contributed by atoms with van der Waals surface area (Å²) in [5.41, 5.74) is 7.17. The van der Waals surface area contributed by atoms with Gasteiger partial charge >= 0.3 is 0 Å². The Morgan fingerprint density at radius 3 is 2.79 bits per heavy atom. The minimum Gasteiger partial charge on any atom is -0.491 e. The van der Waals surface area contributed by atoms with Crippen LogP contribution in [0.2, 0.25) is 0 Å². The van der Waals surface area contributed by atoms with Crippen LogP contribution in [0.1, 0.15) is 31.3 Å². The maximum Gasteiger partial charge on any atom is 0.176 e. The van der Waals surface area contributed by atoms with E-state index in [-0.39, 0.29) is 12.1 Å². The van der Waals surface area contributed by atoms with E-state index in [0.717, 1.165) is 11.3 Å². The van der Waals surface area contributed by atoms with Gasteiger partial charge < -0.3 is 10.5 Å². The summed E-state index contributed by atoms with van der Waals surface area (Å²) in [5.74, 6) is 1.47. The molecule has 0 amide bonds. The minimum absolute atomic E-state index is 0.146. The van der Waals surface area contributed by atoms with Crippen LogP contribution in [0.3, 0.4) is 0 Å². The van der Waals surface area contributed by atoms with Gasteiger partial charge in [-0.2, -0.15) is 4.80 Å². The molecule has 0 aliphatic heterocycles. The van der Waals surface area contributed by atoms with E-state index in [1.807, 2.05) is 38.1 Å². The highest BCUT2D eigenvalue weighted by atomic mass is 16.5. The molecule has 1 aromatic heterocycles. The van der Waals surface area contributed by atoms with E-state index >= 15 is 0 Å². The first kappa shape index (κ1) is 13.5. The van der Waals surface area contributed by atoms with Gasteiger partial charge in [0.2, 0.25) is 0 Å². The first-order valence-corrected chi connectivity index (χ1v) is 6.29. The molecule has 0 spiro atoms. The van der Waals surface area contributed by atoms with E-state index < -0.39 is 0 Å². The SMILES string of the molecule is CC(C)Oc1cccc(C(N)Cc2nnn(C)n2)c1. The number of nitrogens with zero attached hydrogens (tertiary/aromatic N) is 4. The van der Waals surface area contributed by atoms with Crippen molar-refractivity contribution in [2.24, 2.45) is 12.8 Å². The molecular formula is C13H19N5O. The number of hydrogen-bond acceptors (Lipinski definition) is 5. The summed E-state index contributed by atoms with van der Waals surface area (Å²) >= 11 is 0. The molecule has 0 saturated heterocycles. The van der Waals surface area contributed by atoms with Crippen molar-refractivity contribution in [3.05, 3.63) is 35.7 Å². The predicted octanol–water partition coefficient (Wildman–Crippen LogP) is 1.24. The molecule has 6 heteroatoms. The van der Waals surface area contributed by atoms with Gasteiger partial charge in [-0.1, -0.05) is 12.1 Å². The van der Waals surface area contributed by atoms with Crippen LogP contribution in [-0.4, -0.2) is 26.3 Å². The monoisotopic (exact) mass is 261 g/mol. The standard InChI is InChI=1S/C13H19N5O/c1-9(2)19-11-6-4-5-10(7-11)12(14)8-13-15-17-18(3)16-13/h4-7,9,12H,8,14H2,1-3H3. The molecular weight excluding hydrogens is 242 g/mol. The van der Waals surface area contributed by atoms with Crippen molar-refractivity contribution in [1.29, 1.82) is 0 Å². The van der Waals surface area contributed by atoms with E-state index in [1.54, 1.807) is 7.05 Å². The highest BCUT2D eigenvalue weighted by Gasteiger charge is 2.11. The Morgan fingerprint density at radius 1 is 1.37 bits per heavy atom. The summed E-state index contributed by atoms with van der Waals surface area (Å²) in [5, 5.41) is 11.9. The van der Waals surface area contributed by atoms with Gasteiger partial charge in [0.05, 0.1) is 13.2 Å². The number of benzene rings is 1. The molecule has 1 aromatic carbocycles. The van der Waals surface area contributed by atoms with Gasteiger partial charge in [0, 0.05) is 12.5 Å². The summed E-state index contributed by atoms with van der Waals surface area (Å²) in [6.45, 7) is 3.99. The van der Waals surface area contributed by atoms with Crippen LogP contribution < -0.4 is 10.5 Å². The fourth-order valence-corrected chi connectivity index (χ4v) is 1.81. The average molecular weight is 261 g/mol. The molecule has 19 heavy (non-hydrogen) atoms. The number of nitrogens with two attached hydrogens (primary N) is 1. The largest absolute Gasteiger partial charge is 0.491 e. The van der Waals surface area contributed by atoms with Crippen LogP contribution >= 0.6 is 0 Å². The zero-order valence-electron chi connectivity index (χ0n) is 11.4. The normalized spacial score (nSPS) is 12.7. The van der Waals surface area contributed by atoms with Crippen molar-refractivity contribution in [3.63, 3.8) is 0 Å². The van der Waals surface area contributed by atoms with E-state index in [2.05, 4.69) is 15.4 Å². The Hall–Kier alpha value is -1.95. The lowest BCUT2D eigenvalue weighted by atomic mass is 10.0. The quantitative estimate of drug-likeness (QED) is 0.876. The average Bonchev–Trinajstić information content (AvgIpc) is 2.74. The van der Waals surface area contributed by atoms with Crippen molar-refractivity contribution in [3.8, 4) is 5.75 Å². The van der Waals surface area contributed by atoms with Crippen molar-refractivity contribution in [2.75, 3.05) is 0 Å². The third-order valence-electron chi connectivity index (χ3n) is 2.61. The smallest absolute Gasteiger partial charge is 0.176 e. The third-order valence-corrected chi connectivity index (χ3v) is 2.61. The highest BCUT2D eigenvalue weighted by Crippen LogP contribution is 2.20. The molecule has 2 aromatic rings. The van der Waals surface area contributed by atoms with Crippen molar-refractivity contribution >= 4 is 0 Å². The van der Waals surface area contributed by atoms with Gasteiger partial charge in [0.25, 0.3) is 0 Å². The summed E-state index contributed by atoms with van der Waals surface area (Å²) in [7, 11) is 1.74. The van der Waals surface area contributed by atoms with Gasteiger partial charge in [-0.25, -0.2) is 0 Å². The number of hydrogen-bond donors (Lipinski definition) is 1. The number of ether oxygens (including phenoxy) is 1. The molecule has 1 heterocycles. The van der Waals surface area contributed by atoms with Crippen LogP contribution in [0.5, 0.6) is 5.75 Å².